The Morgan fingerprint density at radius 2 is 2.00 bits per heavy atom. The van der Waals surface area contributed by atoms with Gasteiger partial charge in [0.2, 0.25) is 0 Å². The highest BCUT2D eigenvalue weighted by Gasteiger charge is 2.40. The van der Waals surface area contributed by atoms with Crippen molar-refractivity contribution in [3.63, 3.8) is 0 Å². The van der Waals surface area contributed by atoms with Crippen molar-refractivity contribution >= 4 is 0 Å². The van der Waals surface area contributed by atoms with Crippen molar-refractivity contribution in [2.45, 2.75) is 52.0 Å². The zero-order chi connectivity index (χ0) is 15.0. The van der Waals surface area contributed by atoms with Crippen molar-refractivity contribution in [3.05, 3.63) is 28.8 Å². The molecule has 0 aliphatic heterocycles. The lowest BCUT2D eigenvalue weighted by atomic mass is 9.82. The fraction of sp³-hybridized carbons (Fsp3) is 0.684. The van der Waals surface area contributed by atoms with Gasteiger partial charge >= 0.3 is 0 Å². The monoisotopic (exact) mass is 287 g/mol. The second-order valence-electron chi connectivity index (χ2n) is 7.19. The van der Waals surface area contributed by atoms with Crippen LogP contribution in [0.4, 0.5) is 0 Å². The van der Waals surface area contributed by atoms with Crippen LogP contribution < -0.4 is 10.1 Å². The molecule has 0 saturated heterocycles. The maximum absolute atomic E-state index is 5.45. The van der Waals surface area contributed by atoms with Crippen LogP contribution in [-0.2, 0) is 0 Å². The first-order valence-electron chi connectivity index (χ1n) is 8.44. The minimum Gasteiger partial charge on any atom is -0.496 e. The molecule has 1 N–H and O–H groups in total. The molecule has 2 fully saturated rings. The number of hydrogen-bond acceptors (Lipinski definition) is 2. The van der Waals surface area contributed by atoms with Gasteiger partial charge in [-0.2, -0.15) is 0 Å². The highest BCUT2D eigenvalue weighted by atomic mass is 16.5. The zero-order valence-electron chi connectivity index (χ0n) is 13.9. The number of rotatable bonds is 5. The van der Waals surface area contributed by atoms with E-state index in [1.54, 1.807) is 7.11 Å². The van der Waals surface area contributed by atoms with E-state index in [0.717, 1.165) is 23.5 Å². The lowest BCUT2D eigenvalue weighted by molar-refractivity contribution is 0.283. The Kier molecular flexibility index (Phi) is 4.26. The van der Waals surface area contributed by atoms with Crippen LogP contribution in [0.1, 0.15) is 54.8 Å². The smallest absolute Gasteiger partial charge is 0.122 e. The second-order valence-corrected chi connectivity index (χ2v) is 7.19. The Hall–Kier alpha value is -1.02. The van der Waals surface area contributed by atoms with Gasteiger partial charge in [-0.3, -0.25) is 0 Å². The van der Waals surface area contributed by atoms with Gasteiger partial charge in [0.25, 0.3) is 0 Å². The highest BCUT2D eigenvalue weighted by molar-refractivity contribution is 5.42. The number of benzene rings is 1. The van der Waals surface area contributed by atoms with E-state index in [9.17, 15) is 0 Å². The van der Waals surface area contributed by atoms with Crippen molar-refractivity contribution in [3.8, 4) is 5.75 Å². The molecule has 1 aromatic carbocycles. The maximum atomic E-state index is 5.45. The van der Waals surface area contributed by atoms with Gasteiger partial charge < -0.3 is 10.1 Å². The molecule has 116 valence electrons. The summed E-state index contributed by atoms with van der Waals surface area (Å²) in [7, 11) is 3.86. The van der Waals surface area contributed by atoms with Crippen molar-refractivity contribution in [1.29, 1.82) is 0 Å². The van der Waals surface area contributed by atoms with Gasteiger partial charge in [0.1, 0.15) is 5.75 Å². The van der Waals surface area contributed by atoms with Crippen molar-refractivity contribution < 1.29 is 4.74 Å². The van der Waals surface area contributed by atoms with Gasteiger partial charge in [-0.25, -0.2) is 0 Å². The van der Waals surface area contributed by atoms with E-state index in [4.69, 9.17) is 4.74 Å². The first-order valence-corrected chi connectivity index (χ1v) is 8.44. The molecule has 2 aliphatic carbocycles. The lowest BCUT2D eigenvalue weighted by Crippen LogP contribution is -2.23. The molecule has 3 rings (SSSR count). The molecule has 0 amide bonds. The van der Waals surface area contributed by atoms with Gasteiger partial charge in [-0.05, 0) is 87.1 Å². The van der Waals surface area contributed by atoms with Crippen molar-refractivity contribution in [2.75, 3.05) is 14.2 Å². The Morgan fingerprint density at radius 1 is 1.19 bits per heavy atom. The number of nitrogens with one attached hydrogen (secondary N) is 1. The van der Waals surface area contributed by atoms with Crippen LogP contribution in [-0.4, -0.2) is 14.2 Å². The maximum Gasteiger partial charge on any atom is 0.122 e. The number of aryl methyl sites for hydroxylation is 2. The number of hydrogen-bond donors (Lipinski definition) is 1. The first kappa shape index (κ1) is 14.9. The Bertz CT molecular complexity index is 511. The van der Waals surface area contributed by atoms with Gasteiger partial charge in [0, 0.05) is 6.04 Å². The molecule has 0 heterocycles. The van der Waals surface area contributed by atoms with E-state index >= 15 is 0 Å². The van der Waals surface area contributed by atoms with Crippen LogP contribution in [0.2, 0.25) is 0 Å². The van der Waals surface area contributed by atoms with E-state index < -0.39 is 0 Å². The Labute approximate surface area is 129 Å². The zero-order valence-corrected chi connectivity index (χ0v) is 13.9. The highest BCUT2D eigenvalue weighted by Crippen LogP contribution is 2.51. The van der Waals surface area contributed by atoms with Crippen LogP contribution in [0.3, 0.4) is 0 Å². The SMILES string of the molecule is CNC(CC1CC2CCC1C2)c1cc(C)c(OC)cc1C. The molecule has 0 radical (unpaired) electrons. The molecule has 4 atom stereocenters. The second kappa shape index (κ2) is 6.00. The molecule has 4 unspecified atom stereocenters. The topological polar surface area (TPSA) is 21.3 Å². The van der Waals surface area contributed by atoms with Gasteiger partial charge in [0.05, 0.1) is 7.11 Å². The predicted molar refractivity (Wildman–Crippen MR) is 87.8 cm³/mol. The summed E-state index contributed by atoms with van der Waals surface area (Å²) in [5.74, 6) is 3.98. The van der Waals surface area contributed by atoms with Gasteiger partial charge in [-0.1, -0.05) is 12.5 Å². The molecular formula is C19H29NO. The third-order valence-corrected chi connectivity index (χ3v) is 5.93. The van der Waals surface area contributed by atoms with Crippen LogP contribution in [0, 0.1) is 31.6 Å². The summed E-state index contributed by atoms with van der Waals surface area (Å²) in [6.45, 7) is 4.36. The van der Waals surface area contributed by atoms with E-state index in [2.05, 4.69) is 38.3 Å². The van der Waals surface area contributed by atoms with Gasteiger partial charge in [0.15, 0.2) is 0 Å². The third-order valence-electron chi connectivity index (χ3n) is 5.93. The summed E-state index contributed by atoms with van der Waals surface area (Å²) in [6.07, 6.45) is 7.24. The van der Waals surface area contributed by atoms with Crippen LogP contribution in [0.25, 0.3) is 0 Å². The van der Waals surface area contributed by atoms with Crippen LogP contribution in [0.5, 0.6) is 5.75 Å². The molecule has 2 heteroatoms. The Balaban J connectivity index is 1.78. The fourth-order valence-corrected chi connectivity index (χ4v) is 4.78. The molecule has 21 heavy (non-hydrogen) atoms. The minimum atomic E-state index is 0.485. The molecule has 2 nitrogen and oxygen atoms in total. The summed E-state index contributed by atoms with van der Waals surface area (Å²) >= 11 is 0. The summed E-state index contributed by atoms with van der Waals surface area (Å²) < 4.78 is 5.45. The number of methoxy groups -OCH3 is 1. The molecule has 1 aromatic rings. The quantitative estimate of drug-likeness (QED) is 0.866. The van der Waals surface area contributed by atoms with Crippen LogP contribution >= 0.6 is 0 Å². The third kappa shape index (κ3) is 2.83. The van der Waals surface area contributed by atoms with Crippen molar-refractivity contribution in [1.82, 2.24) is 5.32 Å². The van der Waals surface area contributed by atoms with E-state index in [-0.39, 0.29) is 0 Å². The average Bonchev–Trinajstić information content (AvgIpc) is 3.09. The normalized spacial score (nSPS) is 28.9. The predicted octanol–water partition coefficient (Wildman–Crippen LogP) is 4.40. The van der Waals surface area contributed by atoms with E-state index in [1.807, 2.05) is 0 Å². The summed E-state index contributed by atoms with van der Waals surface area (Å²) in [5, 5.41) is 3.57. The standard InChI is InChI=1S/C19H29NO/c1-12-8-19(21-4)13(2)7-17(12)18(20-3)11-16-10-14-5-6-15(16)9-14/h7-8,14-16,18,20H,5-6,9-11H2,1-4H3. The number of fused-ring (bicyclic) bond motifs is 2. The molecular weight excluding hydrogens is 258 g/mol. The summed E-state index contributed by atoms with van der Waals surface area (Å²) in [4.78, 5) is 0. The van der Waals surface area contributed by atoms with Gasteiger partial charge in [-0.15, -0.1) is 0 Å². The van der Waals surface area contributed by atoms with E-state index in [0.29, 0.717) is 6.04 Å². The largest absolute Gasteiger partial charge is 0.496 e. The average molecular weight is 287 g/mol. The Morgan fingerprint density at radius 3 is 2.57 bits per heavy atom. The number of ether oxygens (including phenoxy) is 1. The van der Waals surface area contributed by atoms with Crippen molar-refractivity contribution in [2.24, 2.45) is 17.8 Å². The first-order chi connectivity index (χ1) is 10.1. The molecule has 0 spiro atoms. The van der Waals surface area contributed by atoms with E-state index in [1.165, 1.54) is 48.8 Å². The lowest BCUT2D eigenvalue weighted by Gasteiger charge is -2.28. The minimum absolute atomic E-state index is 0.485. The fourth-order valence-electron chi connectivity index (χ4n) is 4.78. The molecule has 2 bridgehead atoms. The molecule has 0 aromatic heterocycles. The summed E-state index contributed by atoms with van der Waals surface area (Å²) in [6, 6.07) is 5.00. The molecule has 2 saturated carbocycles. The summed E-state index contributed by atoms with van der Waals surface area (Å²) in [5.41, 5.74) is 4.05. The van der Waals surface area contributed by atoms with Crippen LogP contribution in [0.15, 0.2) is 12.1 Å². The molecule has 2 aliphatic rings.